The number of amides is 1. The molecule has 1 heterocycles. The van der Waals surface area contributed by atoms with Crippen LogP contribution in [0.3, 0.4) is 0 Å². The molecule has 5 aromatic rings. The average Bonchev–Trinajstić information content (AvgIpc) is 3.60. The van der Waals surface area contributed by atoms with E-state index in [0.717, 1.165) is 48.5 Å². The van der Waals surface area contributed by atoms with Gasteiger partial charge < -0.3 is 34.6 Å². The third-order valence-corrected chi connectivity index (χ3v) is 11.4. The minimum atomic E-state index is -5.21. The number of benzene rings is 5. The van der Waals surface area contributed by atoms with Crippen molar-refractivity contribution in [1.29, 1.82) is 0 Å². The second-order valence-electron chi connectivity index (χ2n) is 13.1. The zero-order valence-corrected chi connectivity index (χ0v) is 35.8. The number of azo groups is 3. The largest absolute Gasteiger partial charge is 0.505 e. The van der Waals surface area contributed by atoms with Gasteiger partial charge in [-0.05, 0) is 72.1 Å². The number of carboxylic acid groups (broad SMARTS) is 1. The molecular weight excluding hydrogens is 941 g/mol. The predicted octanol–water partition coefficient (Wildman–Crippen LogP) is 4.81. The van der Waals surface area contributed by atoms with E-state index >= 15 is 0 Å². The van der Waals surface area contributed by atoms with Gasteiger partial charge in [0.25, 0.3) is 36.3 Å². The van der Waals surface area contributed by atoms with E-state index in [2.05, 4.69) is 35.8 Å². The predicted molar refractivity (Wildman–Crippen MR) is 225 cm³/mol. The molecule has 0 aromatic heterocycles. The van der Waals surface area contributed by atoms with Gasteiger partial charge in [0.2, 0.25) is 6.04 Å². The van der Waals surface area contributed by atoms with Gasteiger partial charge in [0, 0.05) is 17.5 Å². The number of hydrogen-bond acceptors (Lipinski definition) is 21. The highest BCUT2D eigenvalue weighted by molar-refractivity contribution is 7.86. The number of ether oxygens (including phenoxy) is 3. The minimum Gasteiger partial charge on any atom is -0.505 e. The molecule has 0 aliphatic carbocycles. The van der Waals surface area contributed by atoms with Gasteiger partial charge in [-0.1, -0.05) is 0 Å². The Balaban J connectivity index is 1.35. The molecule has 0 spiro atoms. The van der Waals surface area contributed by atoms with E-state index in [-0.39, 0.29) is 69.7 Å². The molecule has 1 aliphatic heterocycles. The van der Waals surface area contributed by atoms with E-state index in [1.807, 2.05) is 0 Å². The van der Waals surface area contributed by atoms with E-state index in [1.54, 1.807) is 0 Å². The molecule has 7 N–H and O–H groups in total. The molecule has 346 valence electrons. The molecule has 5 aromatic carbocycles. The number of carboxylic acids is 1. The Morgan fingerprint density at radius 3 is 1.82 bits per heavy atom. The molecule has 6 rings (SSSR count). The van der Waals surface area contributed by atoms with Crippen LogP contribution >= 0.6 is 0 Å². The summed E-state index contributed by atoms with van der Waals surface area (Å²) >= 11 is 0. The number of rotatable bonds is 18. The second kappa shape index (κ2) is 19.4. The topological polar surface area (TPSA) is 396 Å². The van der Waals surface area contributed by atoms with Crippen LogP contribution in [0.1, 0.15) is 0 Å². The summed E-state index contributed by atoms with van der Waals surface area (Å²) in [4.78, 5) is 23.1. The molecule has 1 amide bonds. The number of hydrogen-bond donors (Lipinski definition) is 7. The summed E-state index contributed by atoms with van der Waals surface area (Å²) in [5, 5.41) is 67.9. The summed E-state index contributed by atoms with van der Waals surface area (Å²) in [5.74, 6) is -4.03. The number of aliphatic hydroxyl groups is 2. The molecule has 0 saturated heterocycles. The van der Waals surface area contributed by atoms with Gasteiger partial charge >= 0.3 is 5.97 Å². The lowest BCUT2D eigenvalue weighted by Gasteiger charge is -2.13. The van der Waals surface area contributed by atoms with Crippen molar-refractivity contribution in [3.8, 4) is 23.0 Å². The van der Waals surface area contributed by atoms with Crippen molar-refractivity contribution in [2.24, 2.45) is 35.8 Å². The van der Waals surface area contributed by atoms with Gasteiger partial charge in [0.15, 0.2) is 11.5 Å². The van der Waals surface area contributed by atoms with Gasteiger partial charge in [-0.2, -0.15) is 50.7 Å². The molecule has 1 aliphatic rings. The summed E-state index contributed by atoms with van der Waals surface area (Å²) in [7, 11) is -13.4. The summed E-state index contributed by atoms with van der Waals surface area (Å²) in [6.07, 6.45) is 0. The highest BCUT2D eigenvalue weighted by atomic mass is 32.2. The van der Waals surface area contributed by atoms with E-state index in [0.29, 0.717) is 5.01 Å². The third kappa shape index (κ3) is 10.8. The van der Waals surface area contributed by atoms with Crippen molar-refractivity contribution in [2.75, 3.05) is 38.5 Å². The number of phenolic OH excluding ortho intramolecular Hbond substituents is 1. The molecule has 1 atom stereocenters. The van der Waals surface area contributed by atoms with Crippen LogP contribution in [0, 0.1) is 0 Å². The van der Waals surface area contributed by atoms with Crippen molar-refractivity contribution in [3.63, 3.8) is 0 Å². The van der Waals surface area contributed by atoms with Crippen LogP contribution in [0.15, 0.2) is 129 Å². The molecule has 0 bridgehead atoms. The number of aliphatic hydroxyl groups excluding tert-OH is 2. The lowest BCUT2D eigenvalue weighted by molar-refractivity contribution is -0.130. The van der Waals surface area contributed by atoms with Crippen LogP contribution in [0.5, 0.6) is 23.0 Å². The number of aromatic hydroxyl groups is 1. The number of methoxy groups -OCH3 is 1. The Morgan fingerprint density at radius 1 is 0.697 bits per heavy atom. The Morgan fingerprint density at radius 2 is 1.27 bits per heavy atom. The first-order valence-electron chi connectivity index (χ1n) is 18.2. The van der Waals surface area contributed by atoms with Crippen LogP contribution in [0.4, 0.5) is 34.1 Å². The second-order valence-corrected chi connectivity index (χ2v) is 17.3. The van der Waals surface area contributed by atoms with Gasteiger partial charge in [0.1, 0.15) is 57.3 Å². The summed E-state index contributed by atoms with van der Waals surface area (Å²) in [6.45, 7) is -1.66. The van der Waals surface area contributed by atoms with Crippen LogP contribution in [0.25, 0.3) is 10.8 Å². The molecule has 26 nitrogen and oxygen atoms in total. The Bertz CT molecular complexity index is 3220. The fourth-order valence-electron chi connectivity index (χ4n) is 5.85. The number of carbonyl (C=O) groups excluding carboxylic acids is 1. The minimum absolute atomic E-state index is 0.0782. The van der Waals surface area contributed by atoms with Crippen LogP contribution in [-0.4, -0.2) is 117 Å². The first-order chi connectivity index (χ1) is 31.1. The van der Waals surface area contributed by atoms with Gasteiger partial charge in [-0.15, -0.1) is 15.3 Å². The standard InChI is InChI=1S/C37H32N8O18S3/c1-61-27-9-3-21(16-30(27)65(55,56)57)38-40-25-17-29(63-13-11-47)26(18-28(25)62-12-10-46)41-42-32-31(66(58,59)60)15-19-14-20(2-8-24(19)35(32)48)39-43-33-34(37(50)51)44-45(36(33)49)22-4-6-23(7-5-22)64(52,53)54/h2-9,14-18,33,46-48H,10-13H2,1H3,(H,50,51)(H,52,53,54)(H,55,56,57)(H,58,59,60)/b40-38+,42-41+,43-39+. The van der Waals surface area contributed by atoms with Crippen molar-refractivity contribution in [2.45, 2.75) is 20.7 Å². The first kappa shape index (κ1) is 48.1. The number of fused-ring (bicyclic) bond motifs is 1. The molecule has 0 saturated carbocycles. The molecular formula is C37H32N8O18S3. The zero-order valence-electron chi connectivity index (χ0n) is 33.3. The zero-order chi connectivity index (χ0) is 48.1. The lowest BCUT2D eigenvalue weighted by atomic mass is 10.1. The van der Waals surface area contributed by atoms with Gasteiger partial charge in [-0.3, -0.25) is 18.5 Å². The molecule has 1 unspecified atom stereocenters. The monoisotopic (exact) mass is 972 g/mol. The molecule has 0 fully saturated rings. The summed E-state index contributed by atoms with van der Waals surface area (Å²) in [6, 6.07) is 12.5. The Hall–Kier alpha value is -7.38. The van der Waals surface area contributed by atoms with Crippen molar-refractivity contribution >= 4 is 92.8 Å². The first-order valence-corrected chi connectivity index (χ1v) is 22.5. The number of anilines is 1. The molecule has 0 radical (unpaired) electrons. The van der Waals surface area contributed by atoms with Crippen molar-refractivity contribution in [1.82, 2.24) is 0 Å². The molecule has 66 heavy (non-hydrogen) atoms. The number of nitrogens with zero attached hydrogens (tertiary/aromatic N) is 8. The maximum absolute atomic E-state index is 13.2. The van der Waals surface area contributed by atoms with E-state index in [9.17, 15) is 68.9 Å². The van der Waals surface area contributed by atoms with Gasteiger partial charge in [-0.25, -0.2) is 4.79 Å². The number of hydrazone groups is 1. The Kier molecular flexibility index (Phi) is 14.1. The van der Waals surface area contributed by atoms with Gasteiger partial charge in [0.05, 0.1) is 42.3 Å². The van der Waals surface area contributed by atoms with E-state index < -0.39 is 93.3 Å². The van der Waals surface area contributed by atoms with Crippen LogP contribution in [0.2, 0.25) is 0 Å². The Labute approximate surface area is 371 Å². The maximum Gasteiger partial charge on any atom is 0.355 e. The van der Waals surface area contributed by atoms with E-state index in [1.165, 1.54) is 37.4 Å². The maximum atomic E-state index is 13.2. The number of phenols is 1. The van der Waals surface area contributed by atoms with Crippen LogP contribution in [-0.2, 0) is 39.9 Å². The quantitative estimate of drug-likeness (QED) is 0.0457. The smallest absolute Gasteiger partial charge is 0.355 e. The number of aliphatic carboxylic acids is 1. The third-order valence-electron chi connectivity index (χ3n) is 8.80. The normalized spacial score (nSPS) is 14.8. The number of carbonyl (C=O) groups is 2. The fourth-order valence-corrected chi connectivity index (χ4v) is 7.67. The highest BCUT2D eigenvalue weighted by Gasteiger charge is 2.41. The summed E-state index contributed by atoms with van der Waals surface area (Å²) in [5.41, 5.74) is -2.20. The average molecular weight is 973 g/mol. The SMILES string of the molecule is COc1ccc(/N=N/c2cc(OCCO)c(/N=N/c3c(S(=O)(=O)O)cc4cc(/N=N/C5C(=O)N(c6ccc(S(=O)(=O)O)cc6)N=C5C(=O)O)ccc4c3O)cc2OCCO)cc1S(=O)(=O)O. The highest BCUT2D eigenvalue weighted by Crippen LogP contribution is 2.45. The van der Waals surface area contributed by atoms with Crippen molar-refractivity contribution in [3.05, 3.63) is 78.9 Å². The fraction of sp³-hybridized carbons (Fsp3) is 0.162. The van der Waals surface area contributed by atoms with Crippen molar-refractivity contribution < 1.29 is 83.1 Å². The van der Waals surface area contributed by atoms with E-state index in [4.69, 9.17) is 14.2 Å². The lowest BCUT2D eigenvalue weighted by Crippen LogP contribution is -2.33. The molecule has 29 heteroatoms. The summed E-state index contributed by atoms with van der Waals surface area (Å²) < 4.78 is 117. The van der Waals surface area contributed by atoms with Crippen LogP contribution < -0.4 is 19.2 Å².